The number of halogens is 1. The fourth-order valence-electron chi connectivity index (χ4n) is 2.20. The molecule has 1 aromatic carbocycles. The first-order valence-corrected chi connectivity index (χ1v) is 8.23. The van der Waals surface area contributed by atoms with E-state index in [9.17, 15) is 8.60 Å². The van der Waals surface area contributed by atoms with Gasteiger partial charge in [0.15, 0.2) is 0 Å². The Labute approximate surface area is 116 Å². The van der Waals surface area contributed by atoms with Crippen molar-refractivity contribution in [2.45, 2.75) is 20.0 Å². The van der Waals surface area contributed by atoms with Crippen molar-refractivity contribution in [3.8, 4) is 0 Å². The van der Waals surface area contributed by atoms with Gasteiger partial charge in [-0.05, 0) is 18.2 Å². The Balaban J connectivity index is 2.00. The standard InChI is InChI=1S/C14H21FN2OS/c1-2-16-10-12-3-4-14(15)13(9-12)11-17-5-7-19(18)8-6-17/h3-4,9,16H,2,5-8,10-11H2,1H3. The Bertz CT molecular complexity index is 443. The fraction of sp³-hybridized carbons (Fsp3) is 0.571. The van der Waals surface area contributed by atoms with Crippen LogP contribution in [0.2, 0.25) is 0 Å². The number of hydrogen-bond acceptors (Lipinski definition) is 3. The SMILES string of the molecule is CCNCc1ccc(F)c(CN2CCS(=O)CC2)c1. The van der Waals surface area contributed by atoms with Gasteiger partial charge in [-0.2, -0.15) is 0 Å². The Hall–Kier alpha value is -0.780. The lowest BCUT2D eigenvalue weighted by atomic mass is 10.1. The number of hydrogen-bond donors (Lipinski definition) is 1. The van der Waals surface area contributed by atoms with Crippen LogP contribution in [0.25, 0.3) is 0 Å². The summed E-state index contributed by atoms with van der Waals surface area (Å²) in [6.07, 6.45) is 0. The van der Waals surface area contributed by atoms with Gasteiger partial charge in [-0.15, -0.1) is 0 Å². The largest absolute Gasteiger partial charge is 0.313 e. The van der Waals surface area contributed by atoms with Gasteiger partial charge in [0.05, 0.1) is 0 Å². The maximum atomic E-state index is 13.8. The minimum absolute atomic E-state index is 0.146. The van der Waals surface area contributed by atoms with Crippen molar-refractivity contribution in [2.75, 3.05) is 31.1 Å². The Morgan fingerprint density at radius 2 is 2.11 bits per heavy atom. The van der Waals surface area contributed by atoms with Gasteiger partial charge >= 0.3 is 0 Å². The third-order valence-corrected chi connectivity index (χ3v) is 4.63. The van der Waals surface area contributed by atoms with E-state index in [1.165, 1.54) is 0 Å². The minimum Gasteiger partial charge on any atom is -0.313 e. The molecular formula is C14H21FN2OS. The summed E-state index contributed by atoms with van der Waals surface area (Å²) in [5, 5.41) is 3.24. The second kappa shape index (κ2) is 7.12. The van der Waals surface area contributed by atoms with E-state index < -0.39 is 10.8 Å². The molecule has 0 aliphatic carbocycles. The molecular weight excluding hydrogens is 263 g/mol. The van der Waals surface area contributed by atoms with Gasteiger partial charge < -0.3 is 5.32 Å². The number of rotatable bonds is 5. The van der Waals surface area contributed by atoms with E-state index in [1.807, 2.05) is 12.1 Å². The van der Waals surface area contributed by atoms with Crippen molar-refractivity contribution < 1.29 is 8.60 Å². The summed E-state index contributed by atoms with van der Waals surface area (Å²) >= 11 is 0. The van der Waals surface area contributed by atoms with Gasteiger partial charge in [-0.25, -0.2) is 4.39 Å². The van der Waals surface area contributed by atoms with Crippen LogP contribution in [0, 0.1) is 5.82 Å². The van der Waals surface area contributed by atoms with E-state index in [0.717, 1.165) is 37.3 Å². The molecule has 0 saturated carbocycles. The maximum absolute atomic E-state index is 13.8. The van der Waals surface area contributed by atoms with Gasteiger partial charge in [-0.3, -0.25) is 9.11 Å². The number of nitrogens with one attached hydrogen (secondary N) is 1. The molecule has 2 rings (SSSR count). The zero-order valence-corrected chi connectivity index (χ0v) is 12.1. The van der Waals surface area contributed by atoms with Crippen molar-refractivity contribution >= 4 is 10.8 Å². The summed E-state index contributed by atoms with van der Waals surface area (Å²) in [6.45, 7) is 5.94. The van der Waals surface area contributed by atoms with Gasteiger partial charge in [0.25, 0.3) is 0 Å². The maximum Gasteiger partial charge on any atom is 0.127 e. The number of nitrogens with zero attached hydrogens (tertiary/aromatic N) is 1. The molecule has 1 aliphatic rings. The zero-order chi connectivity index (χ0) is 13.7. The van der Waals surface area contributed by atoms with E-state index in [1.54, 1.807) is 6.07 Å². The molecule has 106 valence electrons. The smallest absolute Gasteiger partial charge is 0.127 e. The highest BCUT2D eigenvalue weighted by molar-refractivity contribution is 7.85. The highest BCUT2D eigenvalue weighted by atomic mass is 32.2. The third kappa shape index (κ3) is 4.37. The van der Waals surface area contributed by atoms with Crippen molar-refractivity contribution in [3.63, 3.8) is 0 Å². The van der Waals surface area contributed by atoms with Crippen molar-refractivity contribution in [3.05, 3.63) is 35.1 Å². The molecule has 1 aliphatic heterocycles. The Kier molecular flexibility index (Phi) is 5.48. The molecule has 1 N–H and O–H groups in total. The minimum atomic E-state index is -0.678. The normalized spacial score (nSPS) is 17.8. The van der Waals surface area contributed by atoms with Crippen LogP contribution in [0.3, 0.4) is 0 Å². The zero-order valence-electron chi connectivity index (χ0n) is 11.3. The predicted molar refractivity (Wildman–Crippen MR) is 76.9 cm³/mol. The topological polar surface area (TPSA) is 32.3 Å². The Morgan fingerprint density at radius 3 is 2.79 bits per heavy atom. The van der Waals surface area contributed by atoms with Crippen LogP contribution in [-0.2, 0) is 23.9 Å². The van der Waals surface area contributed by atoms with E-state index in [4.69, 9.17) is 0 Å². The summed E-state index contributed by atoms with van der Waals surface area (Å²) < 4.78 is 25.1. The summed E-state index contributed by atoms with van der Waals surface area (Å²) in [4.78, 5) is 2.18. The molecule has 0 bridgehead atoms. The highest BCUT2D eigenvalue weighted by Gasteiger charge is 2.16. The van der Waals surface area contributed by atoms with Crippen LogP contribution in [0.15, 0.2) is 18.2 Å². The summed E-state index contributed by atoms with van der Waals surface area (Å²) in [7, 11) is -0.678. The predicted octanol–water partition coefficient (Wildman–Crippen LogP) is 1.50. The molecule has 0 aromatic heterocycles. The lowest BCUT2D eigenvalue weighted by molar-refractivity contribution is 0.287. The lowest BCUT2D eigenvalue weighted by Gasteiger charge is -2.26. The van der Waals surface area contributed by atoms with Crippen LogP contribution in [-0.4, -0.2) is 40.2 Å². The molecule has 1 fully saturated rings. The van der Waals surface area contributed by atoms with Crippen LogP contribution >= 0.6 is 0 Å². The van der Waals surface area contributed by atoms with Crippen LogP contribution in [0.1, 0.15) is 18.1 Å². The molecule has 0 atom stereocenters. The fourth-order valence-corrected chi connectivity index (χ4v) is 3.33. The molecule has 19 heavy (non-hydrogen) atoms. The highest BCUT2D eigenvalue weighted by Crippen LogP contribution is 2.14. The number of benzene rings is 1. The second-order valence-electron chi connectivity index (χ2n) is 4.83. The first-order chi connectivity index (χ1) is 9.19. The molecule has 0 radical (unpaired) electrons. The average molecular weight is 284 g/mol. The summed E-state index contributed by atoms with van der Waals surface area (Å²) in [5.41, 5.74) is 1.85. The van der Waals surface area contributed by atoms with Gasteiger partial charge in [0.1, 0.15) is 5.82 Å². The molecule has 5 heteroatoms. The molecule has 1 saturated heterocycles. The van der Waals surface area contributed by atoms with Gasteiger partial charge in [0, 0.05) is 54.0 Å². The third-order valence-electron chi connectivity index (χ3n) is 3.35. The van der Waals surface area contributed by atoms with Crippen LogP contribution in [0.4, 0.5) is 4.39 Å². The van der Waals surface area contributed by atoms with Crippen molar-refractivity contribution in [1.29, 1.82) is 0 Å². The molecule has 0 unspecified atom stereocenters. The molecule has 0 spiro atoms. The Morgan fingerprint density at radius 1 is 1.37 bits per heavy atom. The van der Waals surface area contributed by atoms with E-state index in [-0.39, 0.29) is 5.82 Å². The molecule has 1 heterocycles. The van der Waals surface area contributed by atoms with E-state index in [0.29, 0.717) is 18.1 Å². The lowest BCUT2D eigenvalue weighted by Crippen LogP contribution is -2.37. The van der Waals surface area contributed by atoms with E-state index >= 15 is 0 Å². The quantitative estimate of drug-likeness (QED) is 0.889. The van der Waals surface area contributed by atoms with Crippen molar-refractivity contribution in [2.24, 2.45) is 0 Å². The van der Waals surface area contributed by atoms with Gasteiger partial charge in [0.2, 0.25) is 0 Å². The van der Waals surface area contributed by atoms with Crippen molar-refractivity contribution in [1.82, 2.24) is 10.2 Å². The molecule has 1 aromatic rings. The molecule has 3 nitrogen and oxygen atoms in total. The van der Waals surface area contributed by atoms with Gasteiger partial charge in [-0.1, -0.05) is 19.1 Å². The van der Waals surface area contributed by atoms with Crippen LogP contribution < -0.4 is 5.32 Å². The molecule has 0 amide bonds. The monoisotopic (exact) mass is 284 g/mol. The summed E-state index contributed by atoms with van der Waals surface area (Å²) in [5.74, 6) is 1.27. The second-order valence-corrected chi connectivity index (χ2v) is 6.53. The average Bonchev–Trinajstić information content (AvgIpc) is 2.42. The first kappa shape index (κ1) is 14.6. The first-order valence-electron chi connectivity index (χ1n) is 6.74. The van der Waals surface area contributed by atoms with Crippen LogP contribution in [0.5, 0.6) is 0 Å². The summed E-state index contributed by atoms with van der Waals surface area (Å²) in [6, 6.07) is 5.31. The van der Waals surface area contributed by atoms with E-state index in [2.05, 4.69) is 17.1 Å².